The van der Waals surface area contributed by atoms with Crippen LogP contribution in [0.4, 0.5) is 10.1 Å². The molecular formula is C18H19FN4O5S. The van der Waals surface area contributed by atoms with Crippen molar-refractivity contribution < 1.29 is 27.1 Å². The number of hydrogen-bond donors (Lipinski definition) is 2. The highest BCUT2D eigenvalue weighted by Crippen LogP contribution is 2.25. The molecule has 0 unspecified atom stereocenters. The van der Waals surface area contributed by atoms with Gasteiger partial charge in [-0.2, -0.15) is 0 Å². The molecule has 1 aromatic heterocycles. The van der Waals surface area contributed by atoms with Crippen LogP contribution in [0.5, 0.6) is 5.75 Å². The van der Waals surface area contributed by atoms with E-state index >= 15 is 0 Å². The third-order valence-electron chi connectivity index (χ3n) is 4.47. The van der Waals surface area contributed by atoms with Gasteiger partial charge in [0.1, 0.15) is 5.75 Å². The van der Waals surface area contributed by atoms with Gasteiger partial charge in [-0.05, 0) is 24.3 Å². The highest BCUT2D eigenvalue weighted by Gasteiger charge is 2.28. The first-order valence-electron chi connectivity index (χ1n) is 8.69. The molecule has 3 rings (SSSR count). The molecule has 9 nitrogen and oxygen atoms in total. The zero-order chi connectivity index (χ0) is 21.0. The van der Waals surface area contributed by atoms with Gasteiger partial charge in [0.05, 0.1) is 18.4 Å². The Labute approximate surface area is 168 Å². The van der Waals surface area contributed by atoms with Crippen LogP contribution in [0, 0.1) is 5.82 Å². The van der Waals surface area contributed by atoms with Crippen LogP contribution < -0.4 is 9.46 Å². The Balaban J connectivity index is 1.68. The molecule has 1 aromatic carbocycles. The van der Waals surface area contributed by atoms with Crippen molar-refractivity contribution in [1.82, 2.24) is 14.8 Å². The molecule has 0 saturated carbocycles. The van der Waals surface area contributed by atoms with E-state index in [1.165, 1.54) is 48.5 Å². The van der Waals surface area contributed by atoms with Crippen LogP contribution in [0.15, 0.2) is 36.5 Å². The average molecular weight is 422 g/mol. The molecule has 2 heterocycles. The normalized spacial score (nSPS) is 14.0. The van der Waals surface area contributed by atoms with Gasteiger partial charge >= 0.3 is 0 Å². The van der Waals surface area contributed by atoms with Crippen LogP contribution in [0.25, 0.3) is 0 Å². The topological polar surface area (TPSA) is 109 Å². The van der Waals surface area contributed by atoms with E-state index in [2.05, 4.69) is 9.71 Å². The largest absolute Gasteiger partial charge is 0.496 e. The third-order valence-corrected chi connectivity index (χ3v) is 4.91. The third kappa shape index (κ3) is 4.62. The van der Waals surface area contributed by atoms with E-state index in [1.807, 2.05) is 0 Å². The van der Waals surface area contributed by atoms with Crippen LogP contribution in [0.3, 0.4) is 0 Å². The zero-order valence-corrected chi connectivity index (χ0v) is 16.4. The van der Waals surface area contributed by atoms with Crippen molar-refractivity contribution in [2.45, 2.75) is 0 Å². The van der Waals surface area contributed by atoms with E-state index in [0.29, 0.717) is 0 Å². The molecule has 154 valence electrons. The molecule has 1 N–H and O–H groups in total. The van der Waals surface area contributed by atoms with Gasteiger partial charge in [0, 0.05) is 38.4 Å². The summed E-state index contributed by atoms with van der Waals surface area (Å²) in [6.07, 6.45) is 1.35. The van der Waals surface area contributed by atoms with Crippen LogP contribution in [0.1, 0.15) is 20.8 Å². The Morgan fingerprint density at radius 1 is 1.10 bits per heavy atom. The van der Waals surface area contributed by atoms with Gasteiger partial charge in [-0.15, -0.1) is 0 Å². The zero-order valence-electron chi connectivity index (χ0n) is 15.5. The smallest absolute Gasteiger partial charge is 0.275 e. The summed E-state index contributed by atoms with van der Waals surface area (Å²) in [7, 11) is -1.45. The Morgan fingerprint density at radius 2 is 1.76 bits per heavy atom. The average Bonchev–Trinajstić information content (AvgIpc) is 2.72. The first-order valence-corrected chi connectivity index (χ1v) is 9.86. The minimum Gasteiger partial charge on any atom is -0.496 e. The molecule has 1 aliphatic heterocycles. The van der Waals surface area contributed by atoms with E-state index in [1.54, 1.807) is 4.90 Å². The fourth-order valence-electron chi connectivity index (χ4n) is 3.02. The second-order valence-electron chi connectivity index (χ2n) is 6.20. The minimum atomic E-state index is -2.83. The molecule has 2 aromatic rings. The van der Waals surface area contributed by atoms with E-state index in [0.717, 1.165) is 0 Å². The lowest BCUT2D eigenvalue weighted by Gasteiger charge is -2.34. The summed E-state index contributed by atoms with van der Waals surface area (Å²) in [5, 5.41) is 0. The van der Waals surface area contributed by atoms with Gasteiger partial charge in [-0.3, -0.25) is 14.3 Å². The second-order valence-corrected chi connectivity index (χ2v) is 6.94. The molecule has 0 radical (unpaired) electrons. The van der Waals surface area contributed by atoms with Crippen LogP contribution in [-0.2, 0) is 10.9 Å². The summed E-state index contributed by atoms with van der Waals surface area (Å²) in [6, 6.07) is 6.94. The van der Waals surface area contributed by atoms with Crippen LogP contribution in [-0.4, -0.2) is 68.3 Å². The Morgan fingerprint density at radius 3 is 2.34 bits per heavy atom. The fourth-order valence-corrected chi connectivity index (χ4v) is 3.37. The van der Waals surface area contributed by atoms with E-state index in [9.17, 15) is 22.4 Å². The number of methoxy groups -OCH3 is 1. The number of ether oxygens (including phenoxy) is 1. The maximum Gasteiger partial charge on any atom is 0.275 e. The molecular weight excluding hydrogens is 403 g/mol. The molecule has 1 aliphatic rings. The molecule has 11 heteroatoms. The number of anilines is 1. The van der Waals surface area contributed by atoms with Gasteiger partial charge in [-0.25, -0.2) is 17.8 Å². The quantitative estimate of drug-likeness (QED) is 0.689. The number of piperazine rings is 1. The SMILES string of the molecule is COc1cc(N[SH](=O)=O)ccc1C(=O)N1CCN(C(=O)c2ncccc2F)CC1. The lowest BCUT2D eigenvalue weighted by atomic mass is 10.1. The van der Waals surface area contributed by atoms with Gasteiger partial charge in [0.2, 0.25) is 10.9 Å². The van der Waals surface area contributed by atoms with Crippen molar-refractivity contribution in [2.24, 2.45) is 0 Å². The number of carbonyl (C=O) groups excluding carboxylic acids is 2. The maximum absolute atomic E-state index is 13.8. The number of nitrogens with zero attached hydrogens (tertiary/aromatic N) is 3. The molecule has 2 amide bonds. The first-order chi connectivity index (χ1) is 13.9. The van der Waals surface area contributed by atoms with Crippen molar-refractivity contribution in [3.8, 4) is 5.75 Å². The highest BCUT2D eigenvalue weighted by atomic mass is 32.2. The van der Waals surface area contributed by atoms with Gasteiger partial charge in [-0.1, -0.05) is 0 Å². The van der Waals surface area contributed by atoms with Crippen molar-refractivity contribution in [1.29, 1.82) is 0 Å². The van der Waals surface area contributed by atoms with Gasteiger partial charge in [0.25, 0.3) is 11.8 Å². The Hall–Kier alpha value is -3.21. The van der Waals surface area contributed by atoms with Crippen molar-refractivity contribution in [3.05, 3.63) is 53.6 Å². The number of aromatic nitrogens is 1. The minimum absolute atomic E-state index is 0.228. The van der Waals surface area contributed by atoms with Crippen molar-refractivity contribution >= 4 is 28.4 Å². The number of amides is 2. The number of carbonyl (C=O) groups is 2. The van der Waals surface area contributed by atoms with Gasteiger partial charge in [0.15, 0.2) is 11.5 Å². The standard InChI is InChI=1S/C18H19FN4O5S/c1-28-15-11-12(21-29(26)27)4-5-13(15)17(24)22-7-9-23(10-8-22)18(25)16-14(19)3-2-6-20-16/h2-6,11,29H,7-10H2,1H3,(H,21,26,27). The number of benzene rings is 1. The van der Waals surface area contributed by atoms with E-state index in [4.69, 9.17) is 4.74 Å². The molecule has 29 heavy (non-hydrogen) atoms. The Kier molecular flexibility index (Phi) is 6.27. The highest BCUT2D eigenvalue weighted by molar-refractivity contribution is 7.73. The maximum atomic E-state index is 13.8. The molecule has 0 aliphatic carbocycles. The summed E-state index contributed by atoms with van der Waals surface area (Å²) >= 11 is 0. The van der Waals surface area contributed by atoms with E-state index in [-0.39, 0.29) is 54.8 Å². The van der Waals surface area contributed by atoms with Gasteiger partial charge < -0.3 is 14.5 Å². The summed E-state index contributed by atoms with van der Waals surface area (Å²) < 4.78 is 42.8. The molecule has 0 spiro atoms. The second kappa shape index (κ2) is 8.86. The number of thiol groups is 1. The molecule has 0 bridgehead atoms. The molecule has 1 saturated heterocycles. The lowest BCUT2D eigenvalue weighted by Crippen LogP contribution is -2.50. The molecule has 1 fully saturated rings. The summed E-state index contributed by atoms with van der Waals surface area (Å²) in [5.74, 6) is -1.29. The predicted molar refractivity (Wildman–Crippen MR) is 103 cm³/mol. The van der Waals surface area contributed by atoms with E-state index < -0.39 is 22.6 Å². The fraction of sp³-hybridized carbons (Fsp3) is 0.278. The summed E-state index contributed by atoms with van der Waals surface area (Å²) in [6.45, 7) is 0.988. The predicted octanol–water partition coefficient (Wildman–Crippen LogP) is 0.766. The van der Waals surface area contributed by atoms with Crippen molar-refractivity contribution in [3.63, 3.8) is 0 Å². The molecule has 0 atom stereocenters. The first kappa shape index (κ1) is 20.5. The number of halogens is 1. The monoisotopic (exact) mass is 422 g/mol. The van der Waals surface area contributed by atoms with Crippen LogP contribution >= 0.6 is 0 Å². The number of pyridine rings is 1. The summed E-state index contributed by atoms with van der Waals surface area (Å²) in [5.41, 5.74) is 0.311. The van der Waals surface area contributed by atoms with Crippen molar-refractivity contribution in [2.75, 3.05) is 38.0 Å². The number of nitrogens with one attached hydrogen (secondary N) is 1. The summed E-state index contributed by atoms with van der Waals surface area (Å²) in [4.78, 5) is 32.1. The number of rotatable bonds is 5. The Bertz CT molecular complexity index is 997. The van der Waals surface area contributed by atoms with Crippen LogP contribution in [0.2, 0.25) is 0 Å². The lowest BCUT2D eigenvalue weighted by molar-refractivity contribution is 0.0527. The number of hydrogen-bond acceptors (Lipinski definition) is 6.